The summed E-state index contributed by atoms with van der Waals surface area (Å²) in [5.41, 5.74) is 2.67. The second kappa shape index (κ2) is 15.5. The molecule has 2 amide bonds. The van der Waals surface area contributed by atoms with Gasteiger partial charge >= 0.3 is 5.97 Å². The van der Waals surface area contributed by atoms with Gasteiger partial charge in [-0.15, -0.1) is 0 Å². The van der Waals surface area contributed by atoms with E-state index in [0.29, 0.717) is 38.8 Å². The van der Waals surface area contributed by atoms with Gasteiger partial charge in [-0.3, -0.25) is 19.3 Å². The maximum Gasteiger partial charge on any atom is 0.324 e. The number of amides is 2. The molecule has 0 saturated carbocycles. The summed E-state index contributed by atoms with van der Waals surface area (Å²) < 4.78 is 13.3. The van der Waals surface area contributed by atoms with E-state index >= 15 is 14.4 Å². The Kier molecular flexibility index (Phi) is 9.97. The minimum atomic E-state index is -1.75. The van der Waals surface area contributed by atoms with Gasteiger partial charge < -0.3 is 30.3 Å². The molecular formula is C46H38N4O7S. The van der Waals surface area contributed by atoms with Gasteiger partial charge in [-0.05, 0) is 64.7 Å². The number of aromatic nitrogens is 1. The standard InChI is InChI=1S/C46H38N4O7S/c51-23-10-9-12-28-21-22-34-33(26-28)46(44(55)47-34)37(42(53)49-45-48-35-19-7-8-20-36(35)58-45)39-43(54)57-40(30-15-5-2-6-16-30)38(29-13-3-1-4-14-29)50(39)41(46)31-17-11-18-32(27-31)56-25-24-52/h1-8,11,13-22,26-27,37-41,51-52H,10,23-25H2,(H,47,55)(H,48,49,53)/t37-,38-,39-,40+,41+,46-/m1/s1. The van der Waals surface area contributed by atoms with E-state index in [2.05, 4.69) is 22.5 Å². The van der Waals surface area contributed by atoms with Gasteiger partial charge in [0.05, 0.1) is 41.4 Å². The van der Waals surface area contributed by atoms with E-state index in [9.17, 15) is 10.2 Å². The number of ether oxygens (including phenoxy) is 2. The predicted molar refractivity (Wildman–Crippen MR) is 219 cm³/mol. The Morgan fingerprint density at radius 3 is 2.36 bits per heavy atom. The SMILES string of the molecule is O=C1O[C@@H](c2ccccc2)[C@@H](c2ccccc2)N2[C@@H](c3cccc(OCCO)c3)[C@]3(C(=O)Nc4ccc(C#CCCO)cc43)[C@@H](C(=O)Nc3nc4ccccc4s3)[C@H]12. The molecule has 2 fully saturated rings. The Bertz CT molecular complexity index is 2560. The Morgan fingerprint density at radius 1 is 0.862 bits per heavy atom. The molecule has 6 aromatic rings. The number of carbonyl (C=O) groups excluding carboxylic acids is 3. The predicted octanol–water partition coefficient (Wildman–Crippen LogP) is 6.31. The maximum absolute atomic E-state index is 15.4. The number of hydrogen-bond donors (Lipinski definition) is 4. The molecular weight excluding hydrogens is 753 g/mol. The molecule has 6 atom stereocenters. The highest BCUT2D eigenvalue weighted by Gasteiger charge is 2.74. The normalized spacial score (nSPS) is 23.4. The summed E-state index contributed by atoms with van der Waals surface area (Å²) in [4.78, 5) is 52.6. The lowest BCUT2D eigenvalue weighted by Crippen LogP contribution is -2.53. The van der Waals surface area contributed by atoms with Crippen LogP contribution < -0.4 is 15.4 Å². The van der Waals surface area contributed by atoms with Gasteiger partial charge in [-0.2, -0.15) is 0 Å². The summed E-state index contributed by atoms with van der Waals surface area (Å²) in [5.74, 6) is 3.48. The highest BCUT2D eigenvalue weighted by atomic mass is 32.1. The van der Waals surface area contributed by atoms with Crippen molar-refractivity contribution in [3.05, 3.63) is 155 Å². The van der Waals surface area contributed by atoms with E-state index in [4.69, 9.17) is 14.5 Å². The lowest BCUT2D eigenvalue weighted by molar-refractivity contribution is -0.177. The van der Waals surface area contributed by atoms with Gasteiger partial charge in [0, 0.05) is 17.7 Å². The zero-order valence-corrected chi connectivity index (χ0v) is 31.9. The third-order valence-electron chi connectivity index (χ3n) is 11.1. The number of carbonyl (C=O) groups is 3. The highest BCUT2D eigenvalue weighted by Crippen LogP contribution is 2.65. The second-order valence-corrected chi connectivity index (χ2v) is 15.4. The number of thiazole rings is 1. The minimum Gasteiger partial charge on any atom is -0.491 e. The van der Waals surface area contributed by atoms with Crippen molar-refractivity contribution in [3.63, 3.8) is 0 Å². The topological polar surface area (TPSA) is 150 Å². The third-order valence-corrected chi connectivity index (χ3v) is 12.1. The smallest absolute Gasteiger partial charge is 0.324 e. The number of para-hydroxylation sites is 1. The molecule has 0 aliphatic carbocycles. The first-order chi connectivity index (χ1) is 28.4. The molecule has 5 aromatic carbocycles. The van der Waals surface area contributed by atoms with Crippen LogP contribution in [0.4, 0.5) is 10.8 Å². The second-order valence-electron chi connectivity index (χ2n) is 14.4. The Labute approximate surface area is 338 Å². The summed E-state index contributed by atoms with van der Waals surface area (Å²) in [6, 6.07) is 36.4. The van der Waals surface area contributed by atoms with Crippen LogP contribution in [0.5, 0.6) is 5.75 Å². The number of aliphatic hydroxyl groups is 2. The molecule has 1 spiro atoms. The fourth-order valence-electron chi connectivity index (χ4n) is 8.94. The van der Waals surface area contributed by atoms with Crippen molar-refractivity contribution in [1.29, 1.82) is 0 Å². The van der Waals surface area contributed by atoms with Crippen LogP contribution in [0.25, 0.3) is 10.2 Å². The van der Waals surface area contributed by atoms with E-state index < -0.39 is 53.3 Å². The molecule has 0 bridgehead atoms. The number of morpholine rings is 1. The summed E-state index contributed by atoms with van der Waals surface area (Å²) in [6.45, 7) is -0.293. The number of hydrogen-bond acceptors (Lipinski definition) is 10. The van der Waals surface area contributed by atoms with Crippen molar-refractivity contribution < 1.29 is 34.1 Å². The molecule has 2 saturated heterocycles. The van der Waals surface area contributed by atoms with Crippen LogP contribution in [0.15, 0.2) is 127 Å². The minimum absolute atomic E-state index is 0.0348. The fraction of sp³-hybridized carbons (Fsp3) is 0.217. The Balaban J connectivity index is 1.33. The lowest BCUT2D eigenvalue weighted by Gasteiger charge is -2.46. The van der Waals surface area contributed by atoms with Crippen molar-refractivity contribution in [1.82, 2.24) is 9.88 Å². The van der Waals surface area contributed by atoms with Crippen LogP contribution >= 0.6 is 11.3 Å². The molecule has 4 N–H and O–H groups in total. The molecule has 4 heterocycles. The van der Waals surface area contributed by atoms with E-state index in [-0.39, 0.29) is 26.2 Å². The van der Waals surface area contributed by atoms with Crippen molar-refractivity contribution >= 4 is 50.2 Å². The van der Waals surface area contributed by atoms with Crippen LogP contribution in [0.1, 0.15) is 52.4 Å². The number of anilines is 2. The van der Waals surface area contributed by atoms with E-state index in [1.54, 1.807) is 24.3 Å². The molecule has 12 heteroatoms. The Morgan fingerprint density at radius 2 is 1.60 bits per heavy atom. The van der Waals surface area contributed by atoms with Crippen molar-refractivity contribution in [2.24, 2.45) is 5.92 Å². The first kappa shape index (κ1) is 37.2. The van der Waals surface area contributed by atoms with Crippen molar-refractivity contribution in [2.75, 3.05) is 30.5 Å². The van der Waals surface area contributed by atoms with Crippen molar-refractivity contribution in [2.45, 2.75) is 36.1 Å². The number of esters is 1. The number of benzene rings is 5. The van der Waals surface area contributed by atoms with E-state index in [1.807, 2.05) is 108 Å². The van der Waals surface area contributed by atoms with Crippen molar-refractivity contribution in [3.8, 4) is 17.6 Å². The van der Waals surface area contributed by atoms with E-state index in [1.165, 1.54) is 11.3 Å². The zero-order valence-electron chi connectivity index (χ0n) is 31.1. The van der Waals surface area contributed by atoms with Crippen LogP contribution in [-0.4, -0.2) is 63.7 Å². The largest absolute Gasteiger partial charge is 0.491 e. The third kappa shape index (κ3) is 6.29. The van der Waals surface area contributed by atoms with Gasteiger partial charge in [0.2, 0.25) is 11.8 Å². The van der Waals surface area contributed by atoms with Gasteiger partial charge in [-0.25, -0.2) is 4.98 Å². The van der Waals surface area contributed by atoms with Gasteiger partial charge in [0.25, 0.3) is 0 Å². The molecule has 58 heavy (non-hydrogen) atoms. The van der Waals surface area contributed by atoms with Gasteiger partial charge in [-0.1, -0.05) is 108 Å². The number of nitrogens with one attached hydrogen (secondary N) is 2. The molecule has 0 radical (unpaired) electrons. The quantitative estimate of drug-likeness (QED) is 0.0977. The first-order valence-electron chi connectivity index (χ1n) is 19.1. The number of nitrogens with zero attached hydrogens (tertiary/aromatic N) is 2. The zero-order chi connectivity index (χ0) is 39.8. The average Bonchev–Trinajstić information content (AvgIpc) is 3.90. The van der Waals surface area contributed by atoms with Crippen LogP contribution in [0.2, 0.25) is 0 Å². The Hall–Kier alpha value is -6.36. The molecule has 11 nitrogen and oxygen atoms in total. The molecule has 3 aliphatic heterocycles. The summed E-state index contributed by atoms with van der Waals surface area (Å²) >= 11 is 1.30. The molecule has 290 valence electrons. The highest BCUT2D eigenvalue weighted by molar-refractivity contribution is 7.22. The molecule has 1 aromatic heterocycles. The number of rotatable bonds is 9. The first-order valence-corrected chi connectivity index (χ1v) is 19.9. The van der Waals surface area contributed by atoms with E-state index in [0.717, 1.165) is 15.8 Å². The molecule has 9 rings (SSSR count). The monoisotopic (exact) mass is 790 g/mol. The number of cyclic esters (lactones) is 1. The lowest BCUT2D eigenvalue weighted by atomic mass is 9.65. The summed E-state index contributed by atoms with van der Waals surface area (Å²) in [5, 5.41) is 25.6. The maximum atomic E-state index is 15.4. The van der Waals surface area contributed by atoms with Crippen LogP contribution in [0, 0.1) is 17.8 Å². The summed E-state index contributed by atoms with van der Waals surface area (Å²) in [7, 11) is 0. The number of aliphatic hydroxyl groups excluding tert-OH is 2. The van der Waals surface area contributed by atoms with Crippen LogP contribution in [0.3, 0.4) is 0 Å². The van der Waals surface area contributed by atoms with Gasteiger partial charge in [0.1, 0.15) is 29.9 Å². The van der Waals surface area contributed by atoms with Gasteiger partial charge in [0.15, 0.2) is 5.13 Å². The fourth-order valence-corrected chi connectivity index (χ4v) is 9.81. The average molecular weight is 791 g/mol. The molecule has 3 aliphatic rings. The molecule has 0 unspecified atom stereocenters. The summed E-state index contributed by atoms with van der Waals surface area (Å²) in [6.07, 6.45) is -0.580. The van der Waals surface area contributed by atoms with Crippen LogP contribution in [-0.2, 0) is 24.5 Å². The number of fused-ring (bicyclic) bond motifs is 4.